The molecule has 0 amide bonds. The van der Waals surface area contributed by atoms with Gasteiger partial charge in [-0.05, 0) is 36.0 Å². The van der Waals surface area contributed by atoms with Gasteiger partial charge < -0.3 is 15.0 Å². The average Bonchev–Trinajstić information content (AvgIpc) is 3.29. The van der Waals surface area contributed by atoms with Gasteiger partial charge in [0.1, 0.15) is 17.8 Å². The highest BCUT2D eigenvalue weighted by Gasteiger charge is 2.30. The number of nitrogens with one attached hydrogen (secondary N) is 1. The first-order valence-corrected chi connectivity index (χ1v) is 12.2. The van der Waals surface area contributed by atoms with Gasteiger partial charge in [0.15, 0.2) is 0 Å². The number of anilines is 1. The van der Waals surface area contributed by atoms with Crippen molar-refractivity contribution in [3.63, 3.8) is 0 Å². The summed E-state index contributed by atoms with van der Waals surface area (Å²) in [6.07, 6.45) is 4.10. The molecule has 0 saturated heterocycles. The molecule has 172 valence electrons. The number of fused-ring (bicyclic) bond motifs is 2. The van der Waals surface area contributed by atoms with Gasteiger partial charge in [-0.15, -0.1) is 0 Å². The van der Waals surface area contributed by atoms with Crippen molar-refractivity contribution < 1.29 is 17.7 Å². The van der Waals surface area contributed by atoms with E-state index >= 15 is 0 Å². The molecule has 4 N–H and O–H groups in total. The first-order chi connectivity index (χ1) is 15.3. The molecular weight excluding hydrogens is 430 g/mol. The number of aliphatic hydroxyl groups is 1. The number of nitrogens with zero attached hydrogens (tertiary/aromatic N) is 3. The van der Waals surface area contributed by atoms with Gasteiger partial charge in [0, 0.05) is 12.1 Å². The predicted octanol–water partition coefficient (Wildman–Crippen LogP) is 2.38. The zero-order valence-corrected chi connectivity index (χ0v) is 19.0. The standard InChI is InChI=1S/C22H29N5O4S/c1-3-15(12-31-32(23,29)30)19(28)11-27-9-8-18-21(24-13-25-22(18)27)26-20-14(2)10-16-6-4-5-7-17(16)20/h4-9,13-15,19-20,28H,3,10-12H2,1-2H3,(H2,23,29,30)(H,24,25,26)/t14-,15+,19+,20-/m1/s1. The lowest BCUT2D eigenvalue weighted by atomic mass is 10.0. The predicted molar refractivity (Wildman–Crippen MR) is 122 cm³/mol. The van der Waals surface area contributed by atoms with Gasteiger partial charge in [-0.3, -0.25) is 4.18 Å². The molecule has 4 atom stereocenters. The maximum Gasteiger partial charge on any atom is 0.333 e. The third-order valence-corrected chi connectivity index (χ3v) is 6.71. The molecule has 10 heteroatoms. The first kappa shape index (κ1) is 22.7. The van der Waals surface area contributed by atoms with Crippen LogP contribution in [0.5, 0.6) is 0 Å². The fraction of sp³-hybridized carbons (Fsp3) is 0.455. The Balaban J connectivity index is 1.53. The van der Waals surface area contributed by atoms with Gasteiger partial charge in [0.05, 0.1) is 30.7 Å². The minimum atomic E-state index is -4.05. The molecule has 1 aromatic carbocycles. The van der Waals surface area contributed by atoms with E-state index in [4.69, 9.17) is 5.14 Å². The molecule has 32 heavy (non-hydrogen) atoms. The second-order valence-electron chi connectivity index (χ2n) is 8.44. The van der Waals surface area contributed by atoms with Crippen LogP contribution >= 0.6 is 0 Å². The average molecular weight is 460 g/mol. The van der Waals surface area contributed by atoms with Gasteiger partial charge in [-0.25, -0.2) is 15.1 Å². The lowest BCUT2D eigenvalue weighted by molar-refractivity contribution is 0.0616. The van der Waals surface area contributed by atoms with Crippen LogP contribution < -0.4 is 10.5 Å². The molecule has 0 saturated carbocycles. The van der Waals surface area contributed by atoms with Gasteiger partial charge in [0.2, 0.25) is 0 Å². The van der Waals surface area contributed by atoms with E-state index in [0.717, 1.165) is 17.6 Å². The van der Waals surface area contributed by atoms with Crippen molar-refractivity contribution >= 4 is 27.2 Å². The van der Waals surface area contributed by atoms with Crippen molar-refractivity contribution in [1.82, 2.24) is 14.5 Å². The summed E-state index contributed by atoms with van der Waals surface area (Å²) in [6.45, 7) is 4.16. The zero-order valence-electron chi connectivity index (χ0n) is 18.2. The van der Waals surface area contributed by atoms with E-state index in [2.05, 4.69) is 50.7 Å². The first-order valence-electron chi connectivity index (χ1n) is 10.8. The SMILES string of the molecule is CC[C@@H](COS(N)(=O)=O)[C@@H](O)Cn1ccc2c(N[C@H]3c4ccccc4C[C@H]3C)ncnc21. The van der Waals surface area contributed by atoms with Gasteiger partial charge >= 0.3 is 10.3 Å². The van der Waals surface area contributed by atoms with E-state index in [9.17, 15) is 13.5 Å². The topological polar surface area (TPSA) is 132 Å². The number of hydrogen-bond acceptors (Lipinski definition) is 7. The highest BCUT2D eigenvalue weighted by molar-refractivity contribution is 7.84. The van der Waals surface area contributed by atoms with Crippen LogP contribution in [-0.2, 0) is 27.5 Å². The van der Waals surface area contributed by atoms with Crippen LogP contribution in [0.2, 0.25) is 0 Å². The number of aliphatic hydroxyl groups excluding tert-OH is 1. The van der Waals surface area contributed by atoms with Crippen molar-refractivity contribution in [2.24, 2.45) is 17.0 Å². The number of aromatic nitrogens is 3. The number of hydrogen-bond donors (Lipinski definition) is 3. The monoisotopic (exact) mass is 459 g/mol. The summed E-state index contributed by atoms with van der Waals surface area (Å²) in [6, 6.07) is 10.5. The Labute approximate surface area is 187 Å². The Morgan fingerprint density at radius 3 is 2.84 bits per heavy atom. The van der Waals surface area contributed by atoms with Crippen LogP contribution in [-0.4, -0.2) is 40.8 Å². The molecule has 0 spiro atoms. The van der Waals surface area contributed by atoms with E-state index in [0.29, 0.717) is 18.0 Å². The fourth-order valence-corrected chi connectivity index (χ4v) is 4.83. The van der Waals surface area contributed by atoms with E-state index in [1.807, 2.05) is 23.8 Å². The summed E-state index contributed by atoms with van der Waals surface area (Å²) in [4.78, 5) is 8.90. The Morgan fingerprint density at radius 1 is 1.31 bits per heavy atom. The molecule has 2 heterocycles. The lowest BCUT2D eigenvalue weighted by Gasteiger charge is -2.22. The van der Waals surface area contributed by atoms with Crippen molar-refractivity contribution in [2.45, 2.75) is 45.4 Å². The Bertz CT molecular complexity index is 1200. The van der Waals surface area contributed by atoms with Crippen molar-refractivity contribution in [2.75, 3.05) is 11.9 Å². The minimum Gasteiger partial charge on any atom is -0.391 e. The molecule has 0 unspecified atom stereocenters. The number of benzene rings is 1. The highest BCUT2D eigenvalue weighted by Crippen LogP contribution is 2.38. The van der Waals surface area contributed by atoms with Crippen LogP contribution in [0.4, 0.5) is 5.82 Å². The van der Waals surface area contributed by atoms with E-state index in [-0.39, 0.29) is 25.1 Å². The van der Waals surface area contributed by atoms with Crippen LogP contribution in [0.3, 0.4) is 0 Å². The molecule has 0 radical (unpaired) electrons. The molecule has 3 aromatic rings. The molecule has 0 bridgehead atoms. The minimum absolute atomic E-state index is 0.165. The molecule has 9 nitrogen and oxygen atoms in total. The molecule has 1 aliphatic carbocycles. The maximum atomic E-state index is 11.1. The lowest BCUT2D eigenvalue weighted by Crippen LogP contribution is -2.31. The second-order valence-corrected chi connectivity index (χ2v) is 9.66. The summed E-state index contributed by atoms with van der Waals surface area (Å²) in [5.74, 6) is 0.799. The van der Waals surface area contributed by atoms with Crippen molar-refractivity contribution in [3.05, 3.63) is 54.0 Å². The molecule has 1 aliphatic rings. The van der Waals surface area contributed by atoms with E-state index < -0.39 is 16.4 Å². The Hall–Kier alpha value is -2.53. The summed E-state index contributed by atoms with van der Waals surface area (Å²) >= 11 is 0. The van der Waals surface area contributed by atoms with Crippen LogP contribution in [0, 0.1) is 11.8 Å². The number of nitrogens with two attached hydrogens (primary N) is 1. The van der Waals surface area contributed by atoms with Crippen molar-refractivity contribution in [1.29, 1.82) is 0 Å². The maximum absolute atomic E-state index is 11.1. The Kier molecular flexibility index (Phi) is 6.47. The van der Waals surface area contributed by atoms with Gasteiger partial charge in [-0.2, -0.15) is 8.42 Å². The second kappa shape index (κ2) is 9.14. The molecule has 0 aliphatic heterocycles. The quantitative estimate of drug-likeness (QED) is 0.447. The third-order valence-electron chi connectivity index (χ3n) is 6.25. The molecule has 4 rings (SSSR count). The van der Waals surface area contributed by atoms with E-state index in [1.54, 1.807) is 0 Å². The summed E-state index contributed by atoms with van der Waals surface area (Å²) in [5.41, 5.74) is 3.35. The molecule has 0 fully saturated rings. The summed E-state index contributed by atoms with van der Waals surface area (Å²) < 4.78 is 28.7. The molecule has 2 aromatic heterocycles. The largest absolute Gasteiger partial charge is 0.391 e. The van der Waals surface area contributed by atoms with Gasteiger partial charge in [0.25, 0.3) is 0 Å². The van der Waals surface area contributed by atoms with Crippen molar-refractivity contribution in [3.8, 4) is 0 Å². The summed E-state index contributed by atoms with van der Waals surface area (Å²) in [5, 5.41) is 20.1. The normalized spacial score (nSPS) is 20.2. The zero-order chi connectivity index (χ0) is 22.9. The summed E-state index contributed by atoms with van der Waals surface area (Å²) in [7, 11) is -4.05. The van der Waals surface area contributed by atoms with Crippen LogP contribution in [0.15, 0.2) is 42.9 Å². The third kappa shape index (κ3) is 4.78. The highest BCUT2D eigenvalue weighted by atomic mass is 32.2. The van der Waals surface area contributed by atoms with Crippen LogP contribution in [0.25, 0.3) is 11.0 Å². The Morgan fingerprint density at radius 2 is 2.09 bits per heavy atom. The smallest absolute Gasteiger partial charge is 0.333 e. The molecular formula is C22H29N5O4S. The fourth-order valence-electron chi connectivity index (χ4n) is 4.46. The van der Waals surface area contributed by atoms with E-state index in [1.165, 1.54) is 17.5 Å². The van der Waals surface area contributed by atoms with Crippen LogP contribution in [0.1, 0.15) is 37.4 Å². The number of rotatable bonds is 9. The van der Waals surface area contributed by atoms with Gasteiger partial charge in [-0.1, -0.05) is 38.1 Å².